The molecule has 0 aliphatic carbocycles. The molecular formula is C14H20N2O4S. The van der Waals surface area contributed by atoms with Gasteiger partial charge in [-0.05, 0) is 43.6 Å². The normalized spacial score (nSPS) is 16.2. The molecule has 1 heterocycles. The van der Waals surface area contributed by atoms with E-state index in [-0.39, 0.29) is 11.3 Å². The van der Waals surface area contributed by atoms with Crippen molar-refractivity contribution in [1.29, 1.82) is 0 Å². The van der Waals surface area contributed by atoms with Crippen LogP contribution in [0.25, 0.3) is 0 Å². The minimum absolute atomic E-state index is 0.108. The second kappa shape index (κ2) is 7.02. The second-order valence-corrected chi connectivity index (χ2v) is 6.93. The summed E-state index contributed by atoms with van der Waals surface area (Å²) in [6, 6.07) is 5.94. The zero-order valence-electron chi connectivity index (χ0n) is 11.8. The number of nitrogens with one attached hydrogen (secondary N) is 1. The summed E-state index contributed by atoms with van der Waals surface area (Å²) in [6.45, 7) is 3.17. The highest BCUT2D eigenvalue weighted by Crippen LogP contribution is 2.11. The maximum Gasteiger partial charge on any atom is 0.307 e. The Morgan fingerprint density at radius 2 is 1.81 bits per heavy atom. The molecular weight excluding hydrogens is 292 g/mol. The van der Waals surface area contributed by atoms with Crippen molar-refractivity contribution < 1.29 is 18.3 Å². The average Bonchev–Trinajstić information content (AvgIpc) is 2.91. The number of nitrogens with zero attached hydrogens (tertiary/aromatic N) is 1. The molecule has 0 aromatic heterocycles. The summed E-state index contributed by atoms with van der Waals surface area (Å²) in [5, 5.41) is 8.68. The summed E-state index contributed by atoms with van der Waals surface area (Å²) in [6.07, 6.45) is 2.25. The van der Waals surface area contributed by atoms with Crippen molar-refractivity contribution in [3.8, 4) is 0 Å². The number of carboxylic acid groups (broad SMARTS) is 1. The topological polar surface area (TPSA) is 86.7 Å². The third-order valence-corrected chi connectivity index (χ3v) is 4.98. The molecule has 1 saturated heterocycles. The molecule has 0 unspecified atom stereocenters. The van der Waals surface area contributed by atoms with Crippen molar-refractivity contribution in [2.45, 2.75) is 24.2 Å². The van der Waals surface area contributed by atoms with Gasteiger partial charge in [-0.1, -0.05) is 12.1 Å². The van der Waals surface area contributed by atoms with Crippen LogP contribution in [-0.4, -0.2) is 50.6 Å². The Morgan fingerprint density at radius 3 is 2.38 bits per heavy atom. The summed E-state index contributed by atoms with van der Waals surface area (Å²) in [4.78, 5) is 13.0. The lowest BCUT2D eigenvalue weighted by Crippen LogP contribution is -2.33. The largest absolute Gasteiger partial charge is 0.481 e. The first-order valence-electron chi connectivity index (χ1n) is 7.00. The molecule has 2 rings (SSSR count). The Kier molecular flexibility index (Phi) is 5.33. The molecule has 0 atom stereocenters. The number of aliphatic carboxylic acids is 1. The van der Waals surface area contributed by atoms with E-state index in [4.69, 9.17) is 5.11 Å². The zero-order valence-corrected chi connectivity index (χ0v) is 12.6. The Labute approximate surface area is 124 Å². The molecule has 1 aromatic carbocycles. The van der Waals surface area contributed by atoms with Crippen LogP contribution in [0.2, 0.25) is 0 Å². The van der Waals surface area contributed by atoms with Crippen LogP contribution in [-0.2, 0) is 21.2 Å². The molecule has 0 radical (unpaired) electrons. The molecule has 7 heteroatoms. The van der Waals surface area contributed by atoms with Gasteiger partial charge in [0.25, 0.3) is 0 Å². The van der Waals surface area contributed by atoms with E-state index in [1.807, 2.05) is 0 Å². The van der Waals surface area contributed by atoms with Crippen molar-refractivity contribution >= 4 is 16.0 Å². The summed E-state index contributed by atoms with van der Waals surface area (Å²) in [5.41, 5.74) is 0.582. The van der Waals surface area contributed by atoms with Gasteiger partial charge in [0.15, 0.2) is 0 Å². The molecule has 0 saturated carbocycles. The molecule has 1 aromatic rings. The van der Waals surface area contributed by atoms with E-state index in [9.17, 15) is 13.2 Å². The molecule has 0 amide bonds. The number of carbonyl (C=O) groups is 1. The van der Waals surface area contributed by atoms with Gasteiger partial charge in [0.1, 0.15) is 0 Å². The average molecular weight is 312 g/mol. The van der Waals surface area contributed by atoms with Crippen LogP contribution in [0, 0.1) is 0 Å². The highest BCUT2D eigenvalue weighted by molar-refractivity contribution is 7.89. The van der Waals surface area contributed by atoms with Crippen LogP contribution in [0.1, 0.15) is 18.4 Å². The lowest BCUT2D eigenvalue weighted by molar-refractivity contribution is -0.136. The SMILES string of the molecule is O=C(O)Cc1ccc(S(=O)(=O)NCCN2CCCC2)cc1. The van der Waals surface area contributed by atoms with Crippen LogP contribution >= 0.6 is 0 Å². The van der Waals surface area contributed by atoms with Crippen LogP contribution in [0.5, 0.6) is 0 Å². The smallest absolute Gasteiger partial charge is 0.307 e. The first kappa shape index (κ1) is 15.9. The summed E-state index contributed by atoms with van der Waals surface area (Å²) in [7, 11) is -3.52. The fraction of sp³-hybridized carbons (Fsp3) is 0.500. The van der Waals surface area contributed by atoms with Crippen LogP contribution in [0.15, 0.2) is 29.2 Å². The van der Waals surface area contributed by atoms with Gasteiger partial charge in [-0.2, -0.15) is 0 Å². The molecule has 1 fully saturated rings. The van der Waals surface area contributed by atoms with Crippen molar-refractivity contribution in [1.82, 2.24) is 9.62 Å². The van der Waals surface area contributed by atoms with E-state index in [1.54, 1.807) is 0 Å². The molecule has 2 N–H and O–H groups in total. The van der Waals surface area contributed by atoms with Crippen molar-refractivity contribution in [2.75, 3.05) is 26.2 Å². The van der Waals surface area contributed by atoms with Gasteiger partial charge in [-0.3, -0.25) is 4.79 Å². The summed E-state index contributed by atoms with van der Waals surface area (Å²) in [5.74, 6) is -0.936. The Balaban J connectivity index is 1.90. The lowest BCUT2D eigenvalue weighted by atomic mass is 10.2. The molecule has 0 bridgehead atoms. The maximum atomic E-state index is 12.1. The van der Waals surface area contributed by atoms with E-state index in [2.05, 4.69) is 9.62 Å². The molecule has 21 heavy (non-hydrogen) atoms. The number of sulfonamides is 1. The minimum atomic E-state index is -3.52. The van der Waals surface area contributed by atoms with E-state index in [0.29, 0.717) is 12.1 Å². The van der Waals surface area contributed by atoms with Gasteiger partial charge in [0.05, 0.1) is 11.3 Å². The highest BCUT2D eigenvalue weighted by atomic mass is 32.2. The van der Waals surface area contributed by atoms with Gasteiger partial charge < -0.3 is 10.0 Å². The quantitative estimate of drug-likeness (QED) is 0.773. The van der Waals surface area contributed by atoms with Gasteiger partial charge in [-0.25, -0.2) is 13.1 Å². The second-order valence-electron chi connectivity index (χ2n) is 5.16. The fourth-order valence-electron chi connectivity index (χ4n) is 2.39. The van der Waals surface area contributed by atoms with Crippen molar-refractivity contribution in [2.24, 2.45) is 0 Å². The van der Waals surface area contributed by atoms with E-state index < -0.39 is 16.0 Å². The van der Waals surface area contributed by atoms with Crippen LogP contribution in [0.4, 0.5) is 0 Å². The fourth-order valence-corrected chi connectivity index (χ4v) is 3.41. The third kappa shape index (κ3) is 4.80. The standard InChI is InChI=1S/C14H20N2O4S/c17-14(18)11-12-3-5-13(6-4-12)21(19,20)15-7-10-16-8-1-2-9-16/h3-6,15H,1-2,7-11H2,(H,17,18). The highest BCUT2D eigenvalue weighted by Gasteiger charge is 2.16. The van der Waals surface area contributed by atoms with Crippen LogP contribution < -0.4 is 4.72 Å². The number of benzene rings is 1. The van der Waals surface area contributed by atoms with Gasteiger partial charge >= 0.3 is 5.97 Å². The molecule has 1 aliphatic rings. The summed E-state index contributed by atoms with van der Waals surface area (Å²) < 4.78 is 26.8. The van der Waals surface area contributed by atoms with E-state index in [0.717, 1.165) is 19.6 Å². The molecule has 116 valence electrons. The first-order valence-corrected chi connectivity index (χ1v) is 8.48. The predicted molar refractivity (Wildman–Crippen MR) is 78.6 cm³/mol. The Hall–Kier alpha value is -1.44. The van der Waals surface area contributed by atoms with Gasteiger partial charge in [-0.15, -0.1) is 0 Å². The molecule has 1 aliphatic heterocycles. The first-order chi connectivity index (χ1) is 9.97. The number of carboxylic acids is 1. The number of hydrogen-bond donors (Lipinski definition) is 2. The molecule has 0 spiro atoms. The Morgan fingerprint density at radius 1 is 1.19 bits per heavy atom. The van der Waals surface area contributed by atoms with Gasteiger partial charge in [0.2, 0.25) is 10.0 Å². The minimum Gasteiger partial charge on any atom is -0.481 e. The van der Waals surface area contributed by atoms with E-state index in [1.165, 1.54) is 37.1 Å². The number of likely N-dealkylation sites (tertiary alicyclic amines) is 1. The van der Waals surface area contributed by atoms with Crippen molar-refractivity contribution in [3.05, 3.63) is 29.8 Å². The lowest BCUT2D eigenvalue weighted by Gasteiger charge is -2.14. The van der Waals surface area contributed by atoms with Gasteiger partial charge in [0, 0.05) is 13.1 Å². The number of rotatable bonds is 7. The molecule has 6 nitrogen and oxygen atoms in total. The zero-order chi connectivity index (χ0) is 15.3. The Bertz CT molecular complexity index is 577. The third-order valence-electron chi connectivity index (χ3n) is 3.51. The maximum absolute atomic E-state index is 12.1. The van der Waals surface area contributed by atoms with Crippen molar-refractivity contribution in [3.63, 3.8) is 0 Å². The number of hydrogen-bond acceptors (Lipinski definition) is 4. The van der Waals surface area contributed by atoms with E-state index >= 15 is 0 Å². The predicted octanol–water partition coefficient (Wildman–Crippen LogP) is 0.688. The monoisotopic (exact) mass is 312 g/mol. The van der Waals surface area contributed by atoms with Crippen LogP contribution in [0.3, 0.4) is 0 Å². The summed E-state index contributed by atoms with van der Waals surface area (Å²) >= 11 is 0.